The standard InChI is InChI=1S/C21H24N6O2/c1-29-18-6-3-17(4-7-18)5-8-21(28)26-13-11-25(12-14-26)19-15-22-16-20(24-19)27-10-2-9-23-27/h2-4,6-7,9-10,15-16H,5,8,11-14H2,1H3. The Bertz CT molecular complexity index is 934. The number of aryl methyl sites for hydroxylation is 1. The van der Waals surface area contributed by atoms with E-state index in [0.717, 1.165) is 36.6 Å². The second-order valence-electron chi connectivity index (χ2n) is 6.90. The second-order valence-corrected chi connectivity index (χ2v) is 6.90. The number of anilines is 1. The Balaban J connectivity index is 1.30. The highest BCUT2D eigenvalue weighted by molar-refractivity contribution is 5.76. The molecule has 8 nitrogen and oxygen atoms in total. The molecule has 3 heterocycles. The van der Waals surface area contributed by atoms with Crippen molar-refractivity contribution in [2.75, 3.05) is 38.2 Å². The lowest BCUT2D eigenvalue weighted by Gasteiger charge is -2.35. The third kappa shape index (κ3) is 4.53. The average Bonchev–Trinajstić information content (AvgIpc) is 3.33. The average molecular weight is 392 g/mol. The summed E-state index contributed by atoms with van der Waals surface area (Å²) in [6, 6.07) is 9.73. The Morgan fingerprint density at radius 2 is 1.83 bits per heavy atom. The lowest BCUT2D eigenvalue weighted by Crippen LogP contribution is -2.49. The Hall–Kier alpha value is -3.42. The molecule has 2 aromatic heterocycles. The van der Waals surface area contributed by atoms with Crippen molar-refractivity contribution < 1.29 is 9.53 Å². The number of piperazine rings is 1. The van der Waals surface area contributed by atoms with Crippen molar-refractivity contribution in [3.8, 4) is 11.6 Å². The van der Waals surface area contributed by atoms with Crippen molar-refractivity contribution in [3.63, 3.8) is 0 Å². The van der Waals surface area contributed by atoms with Crippen LogP contribution in [0.1, 0.15) is 12.0 Å². The maximum atomic E-state index is 12.6. The minimum atomic E-state index is 0.192. The quantitative estimate of drug-likeness (QED) is 0.638. The molecule has 3 aromatic rings. The topological polar surface area (TPSA) is 76.4 Å². The normalized spacial score (nSPS) is 14.1. The maximum absolute atomic E-state index is 12.6. The molecule has 0 radical (unpaired) electrons. The summed E-state index contributed by atoms with van der Waals surface area (Å²) in [5.41, 5.74) is 1.14. The van der Waals surface area contributed by atoms with E-state index < -0.39 is 0 Å². The molecule has 0 atom stereocenters. The number of aromatic nitrogens is 4. The van der Waals surface area contributed by atoms with E-state index in [2.05, 4.69) is 20.0 Å². The molecule has 0 unspecified atom stereocenters. The van der Waals surface area contributed by atoms with E-state index in [1.165, 1.54) is 0 Å². The number of carbonyl (C=O) groups is 1. The summed E-state index contributed by atoms with van der Waals surface area (Å²) in [7, 11) is 1.65. The number of rotatable bonds is 6. The summed E-state index contributed by atoms with van der Waals surface area (Å²) < 4.78 is 6.86. The lowest BCUT2D eigenvalue weighted by molar-refractivity contribution is -0.131. The van der Waals surface area contributed by atoms with Crippen LogP contribution in [0.5, 0.6) is 5.75 Å². The molecule has 1 saturated heterocycles. The minimum absolute atomic E-state index is 0.192. The summed E-state index contributed by atoms with van der Waals surface area (Å²) in [4.78, 5) is 25.6. The maximum Gasteiger partial charge on any atom is 0.223 e. The highest BCUT2D eigenvalue weighted by atomic mass is 16.5. The van der Waals surface area contributed by atoms with Crippen molar-refractivity contribution in [3.05, 3.63) is 60.7 Å². The summed E-state index contributed by atoms with van der Waals surface area (Å²) >= 11 is 0. The molecule has 0 N–H and O–H groups in total. The third-order valence-electron chi connectivity index (χ3n) is 5.09. The highest BCUT2D eigenvalue weighted by Crippen LogP contribution is 2.16. The summed E-state index contributed by atoms with van der Waals surface area (Å²) in [6.45, 7) is 2.86. The Morgan fingerprint density at radius 1 is 1.07 bits per heavy atom. The van der Waals surface area contributed by atoms with E-state index in [-0.39, 0.29) is 5.91 Å². The van der Waals surface area contributed by atoms with Crippen molar-refractivity contribution >= 4 is 11.7 Å². The Kier molecular flexibility index (Phi) is 5.69. The first kappa shape index (κ1) is 18.9. The van der Waals surface area contributed by atoms with Crippen LogP contribution in [-0.2, 0) is 11.2 Å². The van der Waals surface area contributed by atoms with Crippen LogP contribution in [0.2, 0.25) is 0 Å². The third-order valence-corrected chi connectivity index (χ3v) is 5.09. The van der Waals surface area contributed by atoms with E-state index in [9.17, 15) is 4.79 Å². The highest BCUT2D eigenvalue weighted by Gasteiger charge is 2.22. The smallest absolute Gasteiger partial charge is 0.223 e. The number of amides is 1. The molecule has 1 fully saturated rings. The van der Waals surface area contributed by atoms with Gasteiger partial charge in [0.25, 0.3) is 0 Å². The number of hydrogen-bond donors (Lipinski definition) is 0. The predicted molar refractivity (Wildman–Crippen MR) is 109 cm³/mol. The van der Waals surface area contributed by atoms with E-state index in [0.29, 0.717) is 25.3 Å². The predicted octanol–water partition coefficient (Wildman–Crippen LogP) is 1.95. The van der Waals surface area contributed by atoms with Crippen LogP contribution in [0.4, 0.5) is 5.82 Å². The molecule has 8 heteroatoms. The first-order valence-corrected chi connectivity index (χ1v) is 9.70. The molecule has 0 saturated carbocycles. The van der Waals surface area contributed by atoms with Gasteiger partial charge < -0.3 is 14.5 Å². The van der Waals surface area contributed by atoms with Crippen LogP contribution in [0.25, 0.3) is 5.82 Å². The number of nitrogens with zero attached hydrogens (tertiary/aromatic N) is 6. The van der Waals surface area contributed by atoms with Gasteiger partial charge in [0.1, 0.15) is 11.6 Å². The van der Waals surface area contributed by atoms with E-state index in [4.69, 9.17) is 4.74 Å². The van der Waals surface area contributed by atoms with Crippen molar-refractivity contribution in [2.45, 2.75) is 12.8 Å². The fraction of sp³-hybridized carbons (Fsp3) is 0.333. The van der Waals surface area contributed by atoms with Gasteiger partial charge in [-0.1, -0.05) is 12.1 Å². The van der Waals surface area contributed by atoms with E-state index in [1.807, 2.05) is 41.4 Å². The van der Waals surface area contributed by atoms with Crippen molar-refractivity contribution in [1.29, 1.82) is 0 Å². The molecule has 1 aromatic carbocycles. The fourth-order valence-corrected chi connectivity index (χ4v) is 3.40. The number of ether oxygens (including phenoxy) is 1. The second kappa shape index (κ2) is 8.72. The van der Waals surface area contributed by atoms with Crippen LogP contribution in [0.15, 0.2) is 55.1 Å². The molecule has 0 aliphatic carbocycles. The van der Waals surface area contributed by atoms with Gasteiger partial charge in [0.2, 0.25) is 5.91 Å². The van der Waals surface area contributed by atoms with Crippen LogP contribution >= 0.6 is 0 Å². The van der Waals surface area contributed by atoms with Gasteiger partial charge in [-0.15, -0.1) is 0 Å². The SMILES string of the molecule is COc1ccc(CCC(=O)N2CCN(c3cncc(-n4cccn4)n3)CC2)cc1. The largest absolute Gasteiger partial charge is 0.497 e. The molecule has 1 aliphatic rings. The Morgan fingerprint density at radius 3 is 2.52 bits per heavy atom. The molecule has 1 aliphatic heterocycles. The number of carbonyl (C=O) groups excluding carboxylic acids is 1. The number of methoxy groups -OCH3 is 1. The molecule has 150 valence electrons. The van der Waals surface area contributed by atoms with Crippen molar-refractivity contribution in [2.24, 2.45) is 0 Å². The Labute approximate surface area is 169 Å². The van der Waals surface area contributed by atoms with Crippen molar-refractivity contribution in [1.82, 2.24) is 24.6 Å². The molecule has 4 rings (SSSR count). The first-order valence-electron chi connectivity index (χ1n) is 9.70. The monoisotopic (exact) mass is 392 g/mol. The zero-order valence-corrected chi connectivity index (χ0v) is 16.4. The minimum Gasteiger partial charge on any atom is -0.497 e. The van der Waals surface area contributed by atoms with Crippen LogP contribution < -0.4 is 9.64 Å². The van der Waals surface area contributed by atoms with Crippen LogP contribution in [-0.4, -0.2) is 63.8 Å². The van der Waals surface area contributed by atoms with Gasteiger partial charge in [-0.2, -0.15) is 5.10 Å². The molecule has 0 bridgehead atoms. The van der Waals surface area contributed by atoms with Gasteiger partial charge in [-0.3, -0.25) is 9.78 Å². The summed E-state index contributed by atoms with van der Waals surface area (Å²) in [6.07, 6.45) is 8.25. The van der Waals surface area contributed by atoms with Gasteiger partial charge >= 0.3 is 0 Å². The zero-order valence-electron chi connectivity index (χ0n) is 16.4. The number of hydrogen-bond acceptors (Lipinski definition) is 6. The summed E-state index contributed by atoms with van der Waals surface area (Å²) in [5, 5.41) is 4.20. The molecule has 0 spiro atoms. The molecular weight excluding hydrogens is 368 g/mol. The van der Waals surface area contributed by atoms with Gasteiger partial charge in [0.15, 0.2) is 5.82 Å². The molecular formula is C21H24N6O2. The molecule has 29 heavy (non-hydrogen) atoms. The number of benzene rings is 1. The van der Waals surface area contributed by atoms with Crippen LogP contribution in [0, 0.1) is 0 Å². The first-order chi connectivity index (χ1) is 14.2. The summed E-state index contributed by atoms with van der Waals surface area (Å²) in [5.74, 6) is 2.52. The fourth-order valence-electron chi connectivity index (χ4n) is 3.40. The van der Waals surface area contributed by atoms with E-state index in [1.54, 1.807) is 30.4 Å². The van der Waals surface area contributed by atoms with Gasteiger partial charge in [0, 0.05) is 45.0 Å². The van der Waals surface area contributed by atoms with Gasteiger partial charge in [-0.05, 0) is 30.2 Å². The lowest BCUT2D eigenvalue weighted by atomic mass is 10.1. The zero-order chi connectivity index (χ0) is 20.1. The van der Waals surface area contributed by atoms with E-state index >= 15 is 0 Å². The van der Waals surface area contributed by atoms with Crippen LogP contribution in [0.3, 0.4) is 0 Å². The molecule has 1 amide bonds. The van der Waals surface area contributed by atoms with Gasteiger partial charge in [0.05, 0.1) is 19.5 Å². The van der Waals surface area contributed by atoms with Gasteiger partial charge in [-0.25, -0.2) is 9.67 Å².